The Morgan fingerprint density at radius 2 is 1.92 bits per heavy atom. The SMILES string of the molecule is CCc1ccc(OCc2c(F)cccc2OC(=O)OC)c(C(F)F)c1. The molecule has 0 amide bonds. The Morgan fingerprint density at radius 3 is 2.56 bits per heavy atom. The lowest BCUT2D eigenvalue weighted by Gasteiger charge is -2.14. The predicted octanol–water partition coefficient (Wildman–Crippen LogP) is 5.05. The molecular weight excluding hydrogens is 337 g/mol. The molecule has 7 heteroatoms. The summed E-state index contributed by atoms with van der Waals surface area (Å²) >= 11 is 0. The van der Waals surface area contributed by atoms with Gasteiger partial charge in [0.2, 0.25) is 0 Å². The quantitative estimate of drug-likeness (QED) is 0.538. The average Bonchev–Trinajstić information content (AvgIpc) is 2.60. The highest BCUT2D eigenvalue weighted by molar-refractivity contribution is 5.64. The van der Waals surface area contributed by atoms with Crippen LogP contribution in [0.4, 0.5) is 18.0 Å². The number of carbonyl (C=O) groups is 1. The topological polar surface area (TPSA) is 44.8 Å². The second-order valence-electron chi connectivity index (χ2n) is 5.09. The van der Waals surface area contributed by atoms with Crippen LogP contribution in [0.25, 0.3) is 0 Å². The van der Waals surface area contributed by atoms with Crippen molar-refractivity contribution < 1.29 is 32.2 Å². The van der Waals surface area contributed by atoms with Gasteiger partial charge in [-0.05, 0) is 36.2 Å². The van der Waals surface area contributed by atoms with Crippen molar-refractivity contribution in [1.29, 1.82) is 0 Å². The fourth-order valence-corrected chi connectivity index (χ4v) is 2.18. The minimum atomic E-state index is -2.73. The van der Waals surface area contributed by atoms with Crippen molar-refractivity contribution in [2.75, 3.05) is 7.11 Å². The first kappa shape index (κ1) is 18.6. The molecule has 134 valence electrons. The molecule has 0 unspecified atom stereocenters. The molecule has 25 heavy (non-hydrogen) atoms. The Balaban J connectivity index is 2.26. The van der Waals surface area contributed by atoms with Gasteiger partial charge in [-0.15, -0.1) is 0 Å². The van der Waals surface area contributed by atoms with Gasteiger partial charge in [-0.3, -0.25) is 0 Å². The molecule has 0 aromatic heterocycles. The Bertz CT molecular complexity index is 747. The molecule has 0 N–H and O–H groups in total. The maximum Gasteiger partial charge on any atom is 0.513 e. The lowest BCUT2D eigenvalue weighted by molar-refractivity contribution is 0.120. The minimum Gasteiger partial charge on any atom is -0.488 e. The molecule has 0 atom stereocenters. The Kier molecular flexibility index (Phi) is 6.27. The van der Waals surface area contributed by atoms with Gasteiger partial charge in [-0.25, -0.2) is 18.0 Å². The normalized spacial score (nSPS) is 10.6. The first-order valence-electron chi connectivity index (χ1n) is 7.53. The number of hydrogen-bond acceptors (Lipinski definition) is 4. The lowest BCUT2D eigenvalue weighted by atomic mass is 10.1. The standard InChI is InChI=1S/C18H17F3O4/c1-3-11-7-8-15(12(9-11)17(20)21)24-10-13-14(19)5-4-6-16(13)25-18(22)23-2/h4-9,17H,3,10H2,1-2H3. The van der Waals surface area contributed by atoms with E-state index in [0.717, 1.165) is 18.7 Å². The summed E-state index contributed by atoms with van der Waals surface area (Å²) in [5.41, 5.74) is 0.391. The number of halogens is 3. The monoisotopic (exact) mass is 354 g/mol. The van der Waals surface area contributed by atoms with Crippen LogP contribution in [0, 0.1) is 5.82 Å². The van der Waals surface area contributed by atoms with Gasteiger partial charge in [-0.2, -0.15) is 0 Å². The summed E-state index contributed by atoms with van der Waals surface area (Å²) < 4.78 is 55.0. The Labute approximate surface area is 143 Å². The van der Waals surface area contributed by atoms with E-state index in [-0.39, 0.29) is 29.2 Å². The zero-order valence-electron chi connectivity index (χ0n) is 13.7. The van der Waals surface area contributed by atoms with Crippen LogP contribution in [-0.2, 0) is 17.8 Å². The molecule has 0 heterocycles. The summed E-state index contributed by atoms with van der Waals surface area (Å²) in [4.78, 5) is 11.2. The largest absolute Gasteiger partial charge is 0.513 e. The van der Waals surface area contributed by atoms with Gasteiger partial charge in [0, 0.05) is 0 Å². The zero-order valence-corrected chi connectivity index (χ0v) is 13.7. The third kappa shape index (κ3) is 4.65. The number of carbonyl (C=O) groups excluding carboxylic acids is 1. The van der Waals surface area contributed by atoms with Crippen molar-refractivity contribution in [2.24, 2.45) is 0 Å². The molecule has 0 saturated carbocycles. The van der Waals surface area contributed by atoms with Crippen molar-refractivity contribution in [3.8, 4) is 11.5 Å². The van der Waals surface area contributed by atoms with Crippen molar-refractivity contribution >= 4 is 6.16 Å². The van der Waals surface area contributed by atoms with E-state index in [2.05, 4.69) is 4.74 Å². The van der Waals surface area contributed by atoms with Gasteiger partial charge in [0.25, 0.3) is 6.43 Å². The summed E-state index contributed by atoms with van der Waals surface area (Å²) in [5, 5.41) is 0. The number of aryl methyl sites for hydroxylation is 1. The fourth-order valence-electron chi connectivity index (χ4n) is 2.18. The summed E-state index contributed by atoms with van der Waals surface area (Å²) in [6.45, 7) is 1.46. The third-order valence-corrected chi connectivity index (χ3v) is 3.53. The molecule has 0 spiro atoms. The van der Waals surface area contributed by atoms with Crippen molar-refractivity contribution in [3.05, 3.63) is 58.9 Å². The van der Waals surface area contributed by atoms with E-state index in [1.807, 2.05) is 6.92 Å². The van der Waals surface area contributed by atoms with Crippen LogP contribution in [-0.4, -0.2) is 13.3 Å². The van der Waals surface area contributed by atoms with Crippen molar-refractivity contribution in [1.82, 2.24) is 0 Å². The fraction of sp³-hybridized carbons (Fsp3) is 0.278. The van der Waals surface area contributed by atoms with E-state index >= 15 is 0 Å². The maximum atomic E-state index is 14.0. The second-order valence-corrected chi connectivity index (χ2v) is 5.09. The van der Waals surface area contributed by atoms with Crippen molar-refractivity contribution in [3.63, 3.8) is 0 Å². The number of rotatable bonds is 6. The summed E-state index contributed by atoms with van der Waals surface area (Å²) in [6, 6.07) is 8.28. The Morgan fingerprint density at radius 1 is 1.16 bits per heavy atom. The van der Waals surface area contributed by atoms with E-state index in [1.54, 1.807) is 6.07 Å². The van der Waals surface area contributed by atoms with Gasteiger partial charge < -0.3 is 14.2 Å². The van der Waals surface area contributed by atoms with Crippen LogP contribution < -0.4 is 9.47 Å². The van der Waals surface area contributed by atoms with E-state index in [1.165, 1.54) is 24.3 Å². The number of ether oxygens (including phenoxy) is 3. The number of benzene rings is 2. The maximum absolute atomic E-state index is 14.0. The van der Waals surface area contributed by atoms with Crippen molar-refractivity contribution in [2.45, 2.75) is 26.4 Å². The summed E-state index contributed by atoms with van der Waals surface area (Å²) in [6.07, 6.45) is -3.15. The predicted molar refractivity (Wildman–Crippen MR) is 84.5 cm³/mol. The van der Waals surface area contributed by atoms with Crippen LogP contribution in [0.2, 0.25) is 0 Å². The molecule has 0 saturated heterocycles. The second kappa shape index (κ2) is 8.41. The van der Waals surface area contributed by atoms with E-state index in [0.29, 0.717) is 6.42 Å². The van der Waals surface area contributed by atoms with Crippen LogP contribution >= 0.6 is 0 Å². The first-order valence-corrected chi connectivity index (χ1v) is 7.53. The highest BCUT2D eigenvalue weighted by Crippen LogP contribution is 2.32. The van der Waals surface area contributed by atoms with E-state index in [9.17, 15) is 18.0 Å². The van der Waals surface area contributed by atoms with Crippen LogP contribution in [0.5, 0.6) is 11.5 Å². The molecule has 2 aromatic carbocycles. The third-order valence-electron chi connectivity index (χ3n) is 3.53. The molecular formula is C18H17F3O4. The van der Waals surface area contributed by atoms with Crippen LogP contribution in [0.3, 0.4) is 0 Å². The molecule has 2 aromatic rings. The lowest BCUT2D eigenvalue weighted by Crippen LogP contribution is -2.11. The zero-order chi connectivity index (χ0) is 18.4. The molecule has 2 rings (SSSR count). The van der Waals surface area contributed by atoms with Crippen LogP contribution in [0.15, 0.2) is 36.4 Å². The average molecular weight is 354 g/mol. The molecule has 0 fully saturated rings. The van der Waals surface area contributed by atoms with Gasteiger partial charge in [-0.1, -0.05) is 19.1 Å². The minimum absolute atomic E-state index is 0.0560. The van der Waals surface area contributed by atoms with E-state index < -0.39 is 18.4 Å². The van der Waals surface area contributed by atoms with Gasteiger partial charge in [0.15, 0.2) is 0 Å². The van der Waals surface area contributed by atoms with Crippen LogP contribution in [0.1, 0.15) is 30.0 Å². The molecule has 0 aliphatic heterocycles. The van der Waals surface area contributed by atoms with Gasteiger partial charge in [0.05, 0.1) is 18.2 Å². The molecule has 0 radical (unpaired) electrons. The summed E-state index contributed by atoms with van der Waals surface area (Å²) in [7, 11) is 1.11. The number of alkyl halides is 2. The van der Waals surface area contributed by atoms with Gasteiger partial charge >= 0.3 is 6.16 Å². The Hall–Kier alpha value is -2.70. The molecule has 0 aliphatic rings. The summed E-state index contributed by atoms with van der Waals surface area (Å²) in [5.74, 6) is -0.847. The number of hydrogen-bond donors (Lipinski definition) is 0. The molecule has 0 aliphatic carbocycles. The highest BCUT2D eigenvalue weighted by atomic mass is 19.3. The number of methoxy groups -OCH3 is 1. The first-order chi connectivity index (χ1) is 12.0. The van der Waals surface area contributed by atoms with E-state index in [4.69, 9.17) is 9.47 Å². The van der Waals surface area contributed by atoms with Gasteiger partial charge in [0.1, 0.15) is 23.9 Å². The molecule has 0 bridgehead atoms. The smallest absolute Gasteiger partial charge is 0.488 e. The molecule has 4 nitrogen and oxygen atoms in total. The highest BCUT2D eigenvalue weighted by Gasteiger charge is 2.18.